The molecule has 2 aliphatic rings. The van der Waals surface area contributed by atoms with Crippen molar-refractivity contribution in [2.24, 2.45) is 0 Å². The van der Waals surface area contributed by atoms with Gasteiger partial charge < -0.3 is 48.9 Å². The van der Waals surface area contributed by atoms with Crippen molar-refractivity contribution in [2.45, 2.75) is 69.6 Å². The lowest BCUT2D eigenvalue weighted by Gasteiger charge is -2.35. The molecule has 11 nitrogen and oxygen atoms in total. The number of hydrogen-bond donors (Lipinski definition) is 5. The second-order valence-corrected chi connectivity index (χ2v) is 9.65. The van der Waals surface area contributed by atoms with Gasteiger partial charge in [-0.1, -0.05) is 0 Å². The van der Waals surface area contributed by atoms with E-state index in [1.165, 1.54) is 24.3 Å². The van der Waals surface area contributed by atoms with E-state index in [4.69, 9.17) is 23.4 Å². The summed E-state index contributed by atoms with van der Waals surface area (Å²) in [6.07, 6.45) is -2.20. The van der Waals surface area contributed by atoms with Crippen molar-refractivity contribution in [3.63, 3.8) is 0 Å². The lowest BCUT2D eigenvalue weighted by Crippen LogP contribution is -2.43. The predicted octanol–water partition coefficient (Wildman–Crippen LogP) is 2.72. The second kappa shape index (κ2) is 10.8. The number of hydrogen-bond acceptors (Lipinski definition) is 11. The molecule has 5 rings (SSSR count). The molecule has 1 aromatic heterocycles. The predicted molar refractivity (Wildman–Crippen MR) is 133 cm³/mol. The van der Waals surface area contributed by atoms with Crippen molar-refractivity contribution in [3.05, 3.63) is 46.6 Å². The minimum absolute atomic E-state index is 0.0344. The molecule has 3 heterocycles. The Morgan fingerprint density at radius 3 is 2.45 bits per heavy atom. The maximum atomic E-state index is 12.7. The summed E-state index contributed by atoms with van der Waals surface area (Å²) in [6, 6.07) is 8.47. The number of benzene rings is 2. The third kappa shape index (κ3) is 5.57. The topological polar surface area (TPSA) is 168 Å². The second-order valence-electron chi connectivity index (χ2n) is 9.65. The van der Waals surface area contributed by atoms with Crippen LogP contribution < -0.4 is 10.2 Å². The van der Waals surface area contributed by atoms with E-state index in [1.54, 1.807) is 19.1 Å². The monoisotopic (exact) mass is 530 g/mol. The van der Waals surface area contributed by atoms with Gasteiger partial charge in [-0.3, -0.25) is 4.79 Å². The average molecular weight is 531 g/mol. The average Bonchev–Trinajstić information content (AvgIpc) is 2.87. The maximum Gasteiger partial charge on any atom is 0.202 e. The molecule has 11 heteroatoms. The highest BCUT2D eigenvalue weighted by Gasteiger charge is 2.33. The van der Waals surface area contributed by atoms with Gasteiger partial charge in [0.05, 0.1) is 31.0 Å². The first kappa shape index (κ1) is 26.3. The normalized spacial score (nSPS) is 27.9. The first-order valence-electron chi connectivity index (χ1n) is 12.5. The summed E-state index contributed by atoms with van der Waals surface area (Å²) in [6.45, 7) is 1.89. The molecular formula is C27H30O11. The molecule has 5 N–H and O–H groups in total. The summed E-state index contributed by atoms with van der Waals surface area (Å²) in [4.78, 5) is 12.7. The minimum Gasteiger partial charge on any atom is -0.508 e. The van der Waals surface area contributed by atoms with Gasteiger partial charge in [-0.05, 0) is 37.6 Å². The quantitative estimate of drug-likeness (QED) is 0.297. The Morgan fingerprint density at radius 1 is 0.947 bits per heavy atom. The zero-order valence-corrected chi connectivity index (χ0v) is 20.6. The molecular weight excluding hydrogens is 500 g/mol. The first-order chi connectivity index (χ1) is 18.2. The summed E-state index contributed by atoms with van der Waals surface area (Å²) < 4.78 is 28.9. The van der Waals surface area contributed by atoms with Crippen molar-refractivity contribution in [1.29, 1.82) is 0 Å². The largest absolute Gasteiger partial charge is 0.508 e. The van der Waals surface area contributed by atoms with Crippen LogP contribution in [0.3, 0.4) is 0 Å². The van der Waals surface area contributed by atoms with Gasteiger partial charge in [0.25, 0.3) is 0 Å². The van der Waals surface area contributed by atoms with Gasteiger partial charge in [0.1, 0.15) is 22.5 Å². The summed E-state index contributed by atoms with van der Waals surface area (Å²) in [5, 5.41) is 50.6. The SMILES string of the molecule is C[C@H]1OC(OCC2CC(O)CC(Oc3cc4oc(-c5ccc(O)cc5)cc(=O)c4c(O)c3O)O2)CCC1O. The highest BCUT2D eigenvalue weighted by Crippen LogP contribution is 2.42. The third-order valence-electron chi connectivity index (χ3n) is 6.76. The van der Waals surface area contributed by atoms with Crippen LogP contribution in [-0.4, -0.2) is 69.1 Å². The lowest BCUT2D eigenvalue weighted by molar-refractivity contribution is -0.245. The molecule has 3 aromatic rings. The van der Waals surface area contributed by atoms with E-state index in [0.717, 1.165) is 0 Å². The molecule has 0 radical (unpaired) electrons. The third-order valence-corrected chi connectivity index (χ3v) is 6.76. The van der Waals surface area contributed by atoms with E-state index in [2.05, 4.69) is 0 Å². The summed E-state index contributed by atoms with van der Waals surface area (Å²) in [5.74, 6) is -1.33. The Morgan fingerprint density at radius 2 is 1.71 bits per heavy atom. The Bertz CT molecular complexity index is 1340. The van der Waals surface area contributed by atoms with Crippen LogP contribution in [-0.2, 0) is 14.2 Å². The molecule has 2 aromatic carbocycles. The fourth-order valence-electron chi connectivity index (χ4n) is 4.68. The van der Waals surface area contributed by atoms with Crippen LogP contribution in [0, 0.1) is 0 Å². The van der Waals surface area contributed by atoms with E-state index in [1.807, 2.05) is 0 Å². The minimum atomic E-state index is -0.991. The zero-order chi connectivity index (χ0) is 27.0. The van der Waals surface area contributed by atoms with Crippen LogP contribution >= 0.6 is 0 Å². The zero-order valence-electron chi connectivity index (χ0n) is 20.6. The Hall–Kier alpha value is -3.35. The lowest BCUT2D eigenvalue weighted by atomic mass is 10.0. The number of phenolic OH excluding ortho intramolecular Hbond substituents is 3. The molecule has 0 aliphatic carbocycles. The van der Waals surface area contributed by atoms with Crippen LogP contribution in [0.4, 0.5) is 0 Å². The van der Waals surface area contributed by atoms with Gasteiger partial charge in [-0.2, -0.15) is 0 Å². The summed E-state index contributed by atoms with van der Waals surface area (Å²) in [5.41, 5.74) is -0.0980. The van der Waals surface area contributed by atoms with E-state index in [-0.39, 0.29) is 47.4 Å². The molecule has 2 aliphatic heterocycles. The first-order valence-corrected chi connectivity index (χ1v) is 12.5. The van der Waals surface area contributed by atoms with E-state index in [9.17, 15) is 30.3 Å². The number of phenols is 3. The fraction of sp³-hybridized carbons (Fsp3) is 0.444. The molecule has 0 bridgehead atoms. The molecule has 6 atom stereocenters. The van der Waals surface area contributed by atoms with E-state index >= 15 is 0 Å². The number of ether oxygens (including phenoxy) is 4. The summed E-state index contributed by atoms with van der Waals surface area (Å²) in [7, 11) is 0. The Labute approximate surface area is 217 Å². The van der Waals surface area contributed by atoms with E-state index < -0.39 is 47.8 Å². The van der Waals surface area contributed by atoms with Gasteiger partial charge >= 0.3 is 0 Å². The van der Waals surface area contributed by atoms with E-state index in [0.29, 0.717) is 24.8 Å². The Balaban J connectivity index is 1.33. The summed E-state index contributed by atoms with van der Waals surface area (Å²) >= 11 is 0. The highest BCUT2D eigenvalue weighted by molar-refractivity contribution is 5.89. The van der Waals surface area contributed by atoms with Crippen LogP contribution in [0.5, 0.6) is 23.0 Å². The molecule has 2 saturated heterocycles. The van der Waals surface area contributed by atoms with Gasteiger partial charge in [-0.15, -0.1) is 0 Å². The van der Waals surface area contributed by atoms with Gasteiger partial charge in [0, 0.05) is 37.0 Å². The molecule has 0 spiro atoms. The van der Waals surface area contributed by atoms with Crippen LogP contribution in [0.2, 0.25) is 0 Å². The van der Waals surface area contributed by atoms with Crippen molar-refractivity contribution in [2.75, 3.05) is 6.61 Å². The molecule has 0 saturated carbocycles. The number of rotatable bonds is 6. The molecule has 38 heavy (non-hydrogen) atoms. The van der Waals surface area contributed by atoms with Gasteiger partial charge in [0.15, 0.2) is 23.2 Å². The Kier molecular flexibility index (Phi) is 7.46. The number of aliphatic hydroxyl groups is 2. The maximum absolute atomic E-state index is 12.7. The number of aromatic hydroxyl groups is 3. The number of fused-ring (bicyclic) bond motifs is 1. The van der Waals surface area contributed by atoms with Gasteiger partial charge in [0.2, 0.25) is 12.0 Å². The molecule has 2 fully saturated rings. The molecule has 204 valence electrons. The van der Waals surface area contributed by atoms with Crippen molar-refractivity contribution >= 4 is 11.0 Å². The van der Waals surface area contributed by atoms with Crippen molar-refractivity contribution < 1.29 is 48.9 Å². The van der Waals surface area contributed by atoms with Crippen LogP contribution in [0.25, 0.3) is 22.3 Å². The smallest absolute Gasteiger partial charge is 0.202 e. The van der Waals surface area contributed by atoms with Crippen molar-refractivity contribution in [1.82, 2.24) is 0 Å². The fourth-order valence-corrected chi connectivity index (χ4v) is 4.68. The molecule has 5 unspecified atom stereocenters. The van der Waals surface area contributed by atoms with Gasteiger partial charge in [-0.25, -0.2) is 0 Å². The highest BCUT2D eigenvalue weighted by atomic mass is 16.7. The molecule has 0 amide bonds. The number of aliphatic hydroxyl groups excluding tert-OH is 2. The van der Waals surface area contributed by atoms with Crippen molar-refractivity contribution in [3.8, 4) is 34.3 Å². The standard InChI is InChI=1S/C27H30O11/c1-13-18(30)6-7-23(35-13)34-12-17-8-16(29)9-24(36-17)38-22-11-21-25(27(33)26(22)32)19(31)10-20(37-21)14-2-4-15(28)5-3-14/h2-5,10-11,13,16-18,23-24,28-30,32-33H,6-9,12H2,1H3/t13-,16?,17?,18?,23?,24?/m1/s1. The van der Waals surface area contributed by atoms with Crippen LogP contribution in [0.1, 0.15) is 32.6 Å². The van der Waals surface area contributed by atoms with Crippen LogP contribution in [0.15, 0.2) is 45.6 Å².